The molecule has 0 aliphatic carbocycles. The van der Waals surface area contributed by atoms with E-state index in [1.54, 1.807) is 24.3 Å². The van der Waals surface area contributed by atoms with Gasteiger partial charge in [-0.05, 0) is 107 Å². The van der Waals surface area contributed by atoms with E-state index in [0.29, 0.717) is 75.0 Å². The predicted molar refractivity (Wildman–Crippen MR) is 399 cm³/mol. The highest BCUT2D eigenvalue weighted by atomic mass is 16.3. The van der Waals surface area contributed by atoms with Gasteiger partial charge >= 0.3 is 0 Å². The Labute approximate surface area is 611 Å². The van der Waals surface area contributed by atoms with E-state index in [2.05, 4.69) is 76.9 Å². The number of amides is 10. The molecule has 10 amide bonds. The second-order valence-electron chi connectivity index (χ2n) is 28.6. The summed E-state index contributed by atoms with van der Waals surface area (Å²) in [6.07, 6.45) is 24.7. The minimum Gasteiger partial charge on any atom is -0.391 e. The molecule has 8 atom stereocenters. The molecule has 0 unspecified atom stereocenters. The molecule has 23 heteroatoms. The van der Waals surface area contributed by atoms with Crippen molar-refractivity contribution in [3.63, 3.8) is 0 Å². The lowest BCUT2D eigenvalue weighted by Gasteiger charge is -2.35. The van der Waals surface area contributed by atoms with E-state index < -0.39 is 102 Å². The largest absolute Gasteiger partial charge is 0.391 e. The Balaban J connectivity index is 1.17. The number of aliphatic hydroxyl groups is 1. The number of nitrogens with zero attached hydrogens (tertiary/aromatic N) is 2. The van der Waals surface area contributed by atoms with Gasteiger partial charge in [-0.1, -0.05) is 202 Å². The molecule has 4 aromatic rings. The van der Waals surface area contributed by atoms with Gasteiger partial charge in [-0.3, -0.25) is 47.9 Å². The summed E-state index contributed by atoms with van der Waals surface area (Å²) >= 11 is 0. The molecule has 3 heterocycles. The molecule has 11 N–H and O–H groups in total. The molecule has 0 saturated carbocycles. The molecule has 1 aromatic heterocycles. The number of benzene rings is 3. The Hall–Kier alpha value is -8.47. The number of carbonyl (C=O) groups excluding carboxylic acids is 10. The van der Waals surface area contributed by atoms with Gasteiger partial charge in [0, 0.05) is 82.1 Å². The number of hydrogen-bond donors (Lipinski definition) is 11. The van der Waals surface area contributed by atoms with Crippen molar-refractivity contribution in [2.45, 2.75) is 281 Å². The molecule has 6 rings (SSSR count). The number of unbranched alkanes of at least 4 members (excludes halogenated alkanes) is 17. The fraction of sp³-hybridized carbons (Fsp3) is 0.613. The standard InChI is InChI=1S/C80H120N12O11/c1-5-6-7-8-9-10-11-12-13-14-15-16-29-45-68(94)82-48-32-21-30-46-69(95)83-49-34-31-43-64(75(98)84-50-33-20-24-38-59-36-22-17-23-37-59)88-78(101)67-53-63-55-92(67)80(103)74(72(60-39-25-18-26-40-60)61-41-27-19-28-42-61)91-77(100)66(52-62-54-81-56-85-62)89-79(102)73(58(4)93)90-76(99)65(44-35-47-70(96)86-63)87-71(97)51-57(2)3/h17-19,22-23,25-28,36-37,39-42,54,56-58,63-67,72-74,93H,5-16,20-21,24,29-35,38,43-53,55H2,1-4H3,(H,81,85)(H,82,94)(H,83,95)(H,84,98)(H,86,96)(H,87,97)(H,88,101)(H,89,102)(H,90,99)(H,91,100)/t58-,63+,64+,65+,66+,67+,73+,74+/m1/s1. The second-order valence-corrected chi connectivity index (χ2v) is 28.6. The van der Waals surface area contributed by atoms with Gasteiger partial charge in [0.25, 0.3) is 0 Å². The first-order chi connectivity index (χ1) is 49.9. The summed E-state index contributed by atoms with van der Waals surface area (Å²) in [5, 5.41) is 37.3. The fourth-order valence-electron chi connectivity index (χ4n) is 13.6. The first kappa shape index (κ1) is 83.5. The smallest absolute Gasteiger partial charge is 0.246 e. The van der Waals surface area contributed by atoms with Crippen LogP contribution in [0.5, 0.6) is 0 Å². The third kappa shape index (κ3) is 31.6. The summed E-state index contributed by atoms with van der Waals surface area (Å²) in [5.74, 6) is -6.42. The molecule has 2 saturated heterocycles. The van der Waals surface area contributed by atoms with Crippen molar-refractivity contribution in [3.05, 3.63) is 126 Å². The number of aromatic amines is 1. The Morgan fingerprint density at radius 3 is 1.71 bits per heavy atom. The molecule has 103 heavy (non-hydrogen) atoms. The Morgan fingerprint density at radius 1 is 0.592 bits per heavy atom. The number of aryl methyl sites for hydroxylation is 1. The molecule has 2 aliphatic heterocycles. The van der Waals surface area contributed by atoms with Gasteiger partial charge in [0.05, 0.1) is 12.4 Å². The minimum atomic E-state index is -1.65. The first-order valence-corrected chi connectivity index (χ1v) is 38.6. The lowest BCUT2D eigenvalue weighted by atomic mass is 9.84. The molecular weight excluding hydrogens is 1300 g/mol. The molecule has 23 nitrogen and oxygen atoms in total. The maximum absolute atomic E-state index is 16.2. The Kier molecular flexibility index (Phi) is 38.7. The Morgan fingerprint density at radius 2 is 1.14 bits per heavy atom. The van der Waals surface area contributed by atoms with E-state index in [0.717, 1.165) is 44.9 Å². The fourth-order valence-corrected chi connectivity index (χ4v) is 13.6. The predicted octanol–water partition coefficient (Wildman–Crippen LogP) is 8.88. The zero-order valence-electron chi connectivity index (χ0n) is 61.8. The first-order valence-electron chi connectivity index (χ1n) is 38.6. The monoisotopic (exact) mass is 1420 g/mol. The SMILES string of the molecule is CCCCCCCCCCCCCCCC(=O)NCCCCCC(=O)NCCCC[C@H](NC(=O)[C@@H]1C[C@H]2CN1C(=O)[C@H](C(c1ccccc1)c1ccccc1)NC(=O)[C@H](Cc1cnc[nH]1)NC(=O)[C@H]([C@@H](C)O)NC(=O)[C@@H](NC(=O)CC(C)C)CCCC(=O)N2)C(=O)NCCCCCc1ccccc1. The van der Waals surface area contributed by atoms with Crippen LogP contribution in [-0.2, 0) is 60.8 Å². The number of aliphatic hydroxyl groups excluding tert-OH is 1. The van der Waals surface area contributed by atoms with Gasteiger partial charge in [0.15, 0.2) is 0 Å². The average molecular weight is 1430 g/mol. The number of carbonyl (C=O) groups is 10. The van der Waals surface area contributed by atoms with Gasteiger partial charge in [0.1, 0.15) is 36.3 Å². The molecule has 2 fully saturated rings. The lowest BCUT2D eigenvalue weighted by Crippen LogP contribution is -2.62. The van der Waals surface area contributed by atoms with Gasteiger partial charge in [-0.2, -0.15) is 0 Å². The van der Waals surface area contributed by atoms with E-state index in [9.17, 15) is 38.7 Å². The molecule has 0 spiro atoms. The summed E-state index contributed by atoms with van der Waals surface area (Å²) in [7, 11) is 0. The molecule has 2 aliphatic rings. The highest BCUT2D eigenvalue weighted by Crippen LogP contribution is 2.32. The molecule has 3 aromatic carbocycles. The van der Waals surface area contributed by atoms with Crippen LogP contribution in [-0.4, -0.2) is 154 Å². The van der Waals surface area contributed by atoms with Crippen LogP contribution in [0, 0.1) is 5.92 Å². The van der Waals surface area contributed by atoms with Gasteiger partial charge in [-0.15, -0.1) is 0 Å². The third-order valence-corrected chi connectivity index (χ3v) is 19.4. The van der Waals surface area contributed by atoms with Crippen LogP contribution < -0.4 is 47.9 Å². The van der Waals surface area contributed by atoms with Crippen molar-refractivity contribution in [3.8, 4) is 0 Å². The van der Waals surface area contributed by atoms with Crippen LogP contribution in [0.3, 0.4) is 0 Å². The average Bonchev–Trinajstić information content (AvgIpc) is 1.76. The molecule has 0 radical (unpaired) electrons. The van der Waals surface area contributed by atoms with E-state index in [4.69, 9.17) is 0 Å². The highest BCUT2D eigenvalue weighted by molar-refractivity contribution is 5.98. The zero-order chi connectivity index (χ0) is 74.0. The number of hydrogen-bond acceptors (Lipinski definition) is 12. The number of imidazole rings is 1. The number of H-pyrrole nitrogens is 1. The summed E-state index contributed by atoms with van der Waals surface area (Å²) in [6, 6.07) is 19.0. The number of fused-ring (bicyclic) bond motifs is 2. The number of rotatable bonds is 43. The summed E-state index contributed by atoms with van der Waals surface area (Å²) in [5.41, 5.74) is 2.84. The van der Waals surface area contributed by atoms with Crippen LogP contribution in [0.15, 0.2) is 104 Å². The van der Waals surface area contributed by atoms with Crippen molar-refractivity contribution >= 4 is 59.1 Å². The maximum Gasteiger partial charge on any atom is 0.246 e. The van der Waals surface area contributed by atoms with Gasteiger partial charge < -0.3 is 62.8 Å². The second kappa shape index (κ2) is 47.7. The van der Waals surface area contributed by atoms with Crippen LogP contribution in [0.2, 0.25) is 0 Å². The van der Waals surface area contributed by atoms with E-state index in [-0.39, 0.29) is 69.2 Å². The van der Waals surface area contributed by atoms with Gasteiger partial charge in [-0.25, -0.2) is 4.98 Å². The number of aromatic nitrogens is 2. The maximum atomic E-state index is 16.2. The zero-order valence-corrected chi connectivity index (χ0v) is 61.8. The third-order valence-electron chi connectivity index (χ3n) is 19.4. The van der Waals surface area contributed by atoms with Crippen molar-refractivity contribution < 1.29 is 53.1 Å². The number of nitrogens with one attached hydrogen (secondary N) is 10. The summed E-state index contributed by atoms with van der Waals surface area (Å²) in [6.45, 7) is 8.25. The van der Waals surface area contributed by atoms with Gasteiger partial charge in [0.2, 0.25) is 59.1 Å². The van der Waals surface area contributed by atoms with E-state index >= 15 is 14.4 Å². The van der Waals surface area contributed by atoms with E-state index in [1.807, 2.05) is 68.4 Å². The molecular formula is C80H120N12O11. The van der Waals surface area contributed by atoms with Crippen LogP contribution in [0.25, 0.3) is 0 Å². The van der Waals surface area contributed by atoms with Crippen LogP contribution in [0.4, 0.5) is 0 Å². The van der Waals surface area contributed by atoms with E-state index in [1.165, 1.54) is 101 Å². The molecule has 2 bridgehead atoms. The molecule has 566 valence electrons. The van der Waals surface area contributed by atoms with Crippen molar-refractivity contribution in [2.75, 3.05) is 26.2 Å². The van der Waals surface area contributed by atoms with Crippen molar-refractivity contribution in [2.24, 2.45) is 5.92 Å². The van der Waals surface area contributed by atoms with Crippen molar-refractivity contribution in [1.82, 2.24) is 62.7 Å². The minimum absolute atomic E-state index is 0.0590. The summed E-state index contributed by atoms with van der Waals surface area (Å²) in [4.78, 5) is 151. The normalized spacial score (nSPS) is 19.0. The topological polar surface area (TPSA) is 331 Å². The van der Waals surface area contributed by atoms with Crippen molar-refractivity contribution in [1.29, 1.82) is 0 Å². The Bertz CT molecular complexity index is 3140. The van der Waals surface area contributed by atoms with Crippen LogP contribution >= 0.6 is 0 Å². The lowest BCUT2D eigenvalue weighted by molar-refractivity contribution is -0.143. The van der Waals surface area contributed by atoms with Crippen LogP contribution in [0.1, 0.15) is 242 Å². The summed E-state index contributed by atoms with van der Waals surface area (Å²) < 4.78 is 0. The highest BCUT2D eigenvalue weighted by Gasteiger charge is 2.46. The quantitative estimate of drug-likeness (QED) is 0.0185.